The van der Waals surface area contributed by atoms with Crippen molar-refractivity contribution in [3.05, 3.63) is 66.0 Å². The van der Waals surface area contributed by atoms with Crippen LogP contribution in [0.2, 0.25) is 0 Å². The van der Waals surface area contributed by atoms with Crippen molar-refractivity contribution in [2.45, 2.75) is 6.42 Å². The summed E-state index contributed by atoms with van der Waals surface area (Å²) in [6.07, 6.45) is 0.592. The van der Waals surface area contributed by atoms with Gasteiger partial charge in [-0.3, -0.25) is 0 Å². The molecule has 4 nitrogen and oxygen atoms in total. The summed E-state index contributed by atoms with van der Waals surface area (Å²) in [4.78, 5) is 7.82. The third-order valence-electron chi connectivity index (χ3n) is 3.04. The van der Waals surface area contributed by atoms with Gasteiger partial charge in [-0.15, -0.1) is 0 Å². The van der Waals surface area contributed by atoms with Crippen molar-refractivity contribution in [2.75, 3.05) is 0 Å². The molecule has 0 fully saturated rings. The first-order valence-corrected chi connectivity index (χ1v) is 6.12. The van der Waals surface area contributed by atoms with Crippen LogP contribution >= 0.6 is 0 Å². The van der Waals surface area contributed by atoms with E-state index in [1.54, 1.807) is 0 Å². The van der Waals surface area contributed by atoms with Crippen molar-refractivity contribution in [1.29, 1.82) is 0 Å². The Bertz CT molecular complexity index is 680. The highest BCUT2D eigenvalue weighted by Gasteiger charge is 2.08. The first-order chi connectivity index (χ1) is 9.36. The molecule has 1 aromatic heterocycles. The maximum atomic E-state index is 5.49. The van der Waals surface area contributed by atoms with Gasteiger partial charge in [-0.1, -0.05) is 42.5 Å². The van der Waals surface area contributed by atoms with Crippen molar-refractivity contribution in [3.63, 3.8) is 0 Å². The van der Waals surface area contributed by atoms with Crippen LogP contribution in [0.1, 0.15) is 11.4 Å². The number of para-hydroxylation sites is 2. The number of fused-ring (bicyclic) bond motifs is 1. The van der Waals surface area contributed by atoms with Crippen LogP contribution in [0.5, 0.6) is 0 Å². The highest BCUT2D eigenvalue weighted by atomic mass is 15.1. The minimum Gasteiger partial charge on any atom is -0.342 e. The molecule has 0 amide bonds. The third kappa shape index (κ3) is 2.33. The number of nitrogens with one attached hydrogen (secondary N) is 1. The van der Waals surface area contributed by atoms with E-state index in [2.05, 4.69) is 15.1 Å². The zero-order chi connectivity index (χ0) is 13.1. The lowest BCUT2D eigenvalue weighted by molar-refractivity contribution is 1.08. The maximum Gasteiger partial charge on any atom is 0.113 e. The van der Waals surface area contributed by atoms with Gasteiger partial charge in [-0.25, -0.2) is 4.98 Å². The van der Waals surface area contributed by atoms with Gasteiger partial charge in [-0.2, -0.15) is 5.10 Å². The Kier molecular flexibility index (Phi) is 2.98. The molecule has 3 rings (SSSR count). The predicted octanol–water partition coefficient (Wildman–Crippen LogP) is 2.47. The van der Waals surface area contributed by atoms with E-state index in [1.807, 2.05) is 54.6 Å². The highest BCUT2D eigenvalue weighted by Crippen LogP contribution is 2.12. The lowest BCUT2D eigenvalue weighted by atomic mass is 10.1. The van der Waals surface area contributed by atoms with Crippen LogP contribution in [0.3, 0.4) is 0 Å². The first kappa shape index (κ1) is 11.5. The standard InChI is InChI=1S/C15H14N4/c16-19-14(11-6-2-1-3-7-11)10-15-17-12-8-4-5-9-13(12)18-15/h1-9H,10,16H2,(H,17,18). The minimum atomic E-state index is 0.592. The van der Waals surface area contributed by atoms with Gasteiger partial charge >= 0.3 is 0 Å². The SMILES string of the molecule is NN=C(Cc1nc2ccccc2[nH]1)c1ccccc1. The number of H-pyrrole nitrogens is 1. The number of imidazole rings is 1. The summed E-state index contributed by atoms with van der Waals surface area (Å²) in [6, 6.07) is 17.9. The molecule has 0 saturated heterocycles. The van der Waals surface area contributed by atoms with Gasteiger partial charge in [0.1, 0.15) is 5.82 Å². The predicted molar refractivity (Wildman–Crippen MR) is 77.0 cm³/mol. The van der Waals surface area contributed by atoms with E-state index >= 15 is 0 Å². The molecule has 0 unspecified atom stereocenters. The molecular formula is C15H14N4. The number of nitrogens with zero attached hydrogens (tertiary/aromatic N) is 2. The average Bonchev–Trinajstić information content (AvgIpc) is 2.88. The number of benzene rings is 2. The summed E-state index contributed by atoms with van der Waals surface area (Å²) in [6.45, 7) is 0. The number of hydrogen-bond acceptors (Lipinski definition) is 3. The molecule has 1 heterocycles. The fourth-order valence-corrected chi connectivity index (χ4v) is 2.10. The van der Waals surface area contributed by atoms with Gasteiger partial charge in [0.25, 0.3) is 0 Å². The van der Waals surface area contributed by atoms with Crippen LogP contribution in [0.4, 0.5) is 0 Å². The molecule has 0 radical (unpaired) electrons. The Morgan fingerprint density at radius 3 is 2.53 bits per heavy atom. The molecular weight excluding hydrogens is 236 g/mol. The van der Waals surface area contributed by atoms with Gasteiger partial charge < -0.3 is 10.8 Å². The van der Waals surface area contributed by atoms with Crippen molar-refractivity contribution >= 4 is 16.7 Å². The summed E-state index contributed by atoms with van der Waals surface area (Å²) in [5.74, 6) is 6.36. The summed E-state index contributed by atoms with van der Waals surface area (Å²) >= 11 is 0. The highest BCUT2D eigenvalue weighted by molar-refractivity contribution is 6.01. The second-order valence-corrected chi connectivity index (χ2v) is 4.32. The summed E-state index contributed by atoms with van der Waals surface area (Å²) in [7, 11) is 0. The van der Waals surface area contributed by atoms with E-state index in [4.69, 9.17) is 5.84 Å². The van der Waals surface area contributed by atoms with E-state index in [9.17, 15) is 0 Å². The molecule has 3 aromatic rings. The van der Waals surface area contributed by atoms with Crippen LogP contribution in [-0.4, -0.2) is 15.7 Å². The molecule has 0 bridgehead atoms. The molecule has 4 heteroatoms. The number of hydrazone groups is 1. The van der Waals surface area contributed by atoms with E-state index in [-0.39, 0.29) is 0 Å². The van der Waals surface area contributed by atoms with E-state index in [0.717, 1.165) is 28.1 Å². The fraction of sp³-hybridized carbons (Fsp3) is 0.0667. The van der Waals surface area contributed by atoms with Crippen LogP contribution in [0.25, 0.3) is 11.0 Å². The Morgan fingerprint density at radius 1 is 1.05 bits per heavy atom. The monoisotopic (exact) mass is 250 g/mol. The Labute approximate surface area is 111 Å². The molecule has 0 aliphatic heterocycles. The molecule has 0 aliphatic rings. The zero-order valence-corrected chi connectivity index (χ0v) is 10.4. The second-order valence-electron chi connectivity index (χ2n) is 4.32. The summed E-state index contributed by atoms with van der Waals surface area (Å²) in [5, 5.41) is 3.88. The average molecular weight is 250 g/mol. The van der Waals surface area contributed by atoms with Crippen LogP contribution in [-0.2, 0) is 6.42 Å². The van der Waals surface area contributed by atoms with Crippen molar-refractivity contribution in [1.82, 2.24) is 9.97 Å². The van der Waals surface area contributed by atoms with Crippen molar-refractivity contribution in [3.8, 4) is 0 Å². The summed E-state index contributed by atoms with van der Waals surface area (Å²) in [5.41, 5.74) is 3.83. The largest absolute Gasteiger partial charge is 0.342 e. The van der Waals surface area contributed by atoms with Gasteiger partial charge in [0.2, 0.25) is 0 Å². The molecule has 0 saturated carbocycles. The topological polar surface area (TPSA) is 67.1 Å². The summed E-state index contributed by atoms with van der Waals surface area (Å²) < 4.78 is 0. The Morgan fingerprint density at radius 2 is 1.79 bits per heavy atom. The smallest absolute Gasteiger partial charge is 0.113 e. The molecule has 3 N–H and O–H groups in total. The van der Waals surface area contributed by atoms with E-state index < -0.39 is 0 Å². The van der Waals surface area contributed by atoms with Gasteiger partial charge in [-0.05, 0) is 17.7 Å². The number of hydrogen-bond donors (Lipinski definition) is 2. The quantitative estimate of drug-likeness (QED) is 0.426. The molecule has 19 heavy (non-hydrogen) atoms. The fourth-order valence-electron chi connectivity index (χ4n) is 2.10. The van der Waals surface area contributed by atoms with Crippen LogP contribution in [0.15, 0.2) is 59.7 Å². The lowest BCUT2D eigenvalue weighted by Gasteiger charge is -2.02. The second kappa shape index (κ2) is 4.94. The molecule has 2 aromatic carbocycles. The van der Waals surface area contributed by atoms with Crippen LogP contribution in [0, 0.1) is 0 Å². The minimum absolute atomic E-state index is 0.592. The number of aromatic nitrogens is 2. The van der Waals surface area contributed by atoms with Crippen LogP contribution < -0.4 is 5.84 Å². The normalized spacial score (nSPS) is 11.9. The van der Waals surface area contributed by atoms with Gasteiger partial charge in [0, 0.05) is 0 Å². The number of aromatic amines is 1. The lowest BCUT2D eigenvalue weighted by Crippen LogP contribution is -2.09. The van der Waals surface area contributed by atoms with E-state index in [0.29, 0.717) is 6.42 Å². The molecule has 0 aliphatic carbocycles. The van der Waals surface area contributed by atoms with Gasteiger partial charge in [0.15, 0.2) is 0 Å². The third-order valence-corrected chi connectivity index (χ3v) is 3.04. The van der Waals surface area contributed by atoms with Gasteiger partial charge in [0.05, 0.1) is 23.2 Å². The van der Waals surface area contributed by atoms with Crippen molar-refractivity contribution in [2.24, 2.45) is 10.9 Å². The van der Waals surface area contributed by atoms with E-state index in [1.165, 1.54) is 0 Å². The van der Waals surface area contributed by atoms with Crippen molar-refractivity contribution < 1.29 is 0 Å². The number of nitrogens with two attached hydrogens (primary N) is 1. The first-order valence-electron chi connectivity index (χ1n) is 6.12. The molecule has 94 valence electrons. The maximum absolute atomic E-state index is 5.49. The molecule has 0 spiro atoms. The Hall–Kier alpha value is -2.62. The Balaban J connectivity index is 1.91. The molecule has 0 atom stereocenters. The zero-order valence-electron chi connectivity index (χ0n) is 10.4. The number of rotatable bonds is 3.